The van der Waals surface area contributed by atoms with Crippen LogP contribution < -0.4 is 21.7 Å². The first kappa shape index (κ1) is 26.8. The van der Waals surface area contributed by atoms with Crippen LogP contribution in [-0.4, -0.2) is 53.0 Å². The number of carboxylic acids is 1. The molecule has 4 atom stereocenters. The Labute approximate surface area is 173 Å². The summed E-state index contributed by atoms with van der Waals surface area (Å²) in [7, 11) is 0. The van der Waals surface area contributed by atoms with E-state index in [-0.39, 0.29) is 24.2 Å². The van der Waals surface area contributed by atoms with Gasteiger partial charge in [0.05, 0.1) is 6.04 Å². The fourth-order valence-electron chi connectivity index (χ4n) is 2.75. The quantitative estimate of drug-likeness (QED) is 0.316. The van der Waals surface area contributed by atoms with Crippen LogP contribution in [0.2, 0.25) is 0 Å². The maximum absolute atomic E-state index is 12.8. The first-order valence-electron chi connectivity index (χ1n) is 10.2. The highest BCUT2D eigenvalue weighted by atomic mass is 16.4. The minimum absolute atomic E-state index is 0.0772. The lowest BCUT2D eigenvalue weighted by atomic mass is 9.98. The molecule has 0 aliphatic carbocycles. The van der Waals surface area contributed by atoms with Crippen LogP contribution in [0, 0.1) is 17.8 Å². The molecule has 3 amide bonds. The predicted octanol–water partition coefficient (Wildman–Crippen LogP) is 0.621. The Morgan fingerprint density at radius 1 is 0.724 bits per heavy atom. The zero-order valence-electron chi connectivity index (χ0n) is 18.6. The first-order chi connectivity index (χ1) is 13.3. The molecule has 9 heteroatoms. The van der Waals surface area contributed by atoms with Crippen LogP contribution in [0.4, 0.5) is 0 Å². The number of hydrogen-bond donors (Lipinski definition) is 5. The standard InChI is InChI=1S/C20H38N4O5/c1-10(2)8-14(18(26)23-15(20(28)29)9-11(3)4)22-19(27)16(12(5)6)24-17(25)13(7)21/h10-16H,8-9,21H2,1-7H3,(H,22,27)(H,23,26)(H,24,25)(H,28,29). The van der Waals surface area contributed by atoms with Crippen molar-refractivity contribution >= 4 is 23.7 Å². The van der Waals surface area contributed by atoms with Gasteiger partial charge >= 0.3 is 5.97 Å². The number of hydrogen-bond acceptors (Lipinski definition) is 5. The van der Waals surface area contributed by atoms with Gasteiger partial charge in [0.15, 0.2) is 0 Å². The fraction of sp³-hybridized carbons (Fsp3) is 0.800. The average Bonchev–Trinajstić information content (AvgIpc) is 2.56. The van der Waals surface area contributed by atoms with Gasteiger partial charge in [0.1, 0.15) is 18.1 Å². The third kappa shape index (κ3) is 10.3. The molecular weight excluding hydrogens is 376 g/mol. The van der Waals surface area contributed by atoms with E-state index in [0.717, 1.165) is 0 Å². The first-order valence-corrected chi connectivity index (χ1v) is 10.2. The van der Waals surface area contributed by atoms with Crippen molar-refractivity contribution in [3.05, 3.63) is 0 Å². The number of carbonyl (C=O) groups excluding carboxylic acids is 3. The lowest BCUT2D eigenvalue weighted by molar-refractivity contribution is -0.143. The normalized spacial score (nSPS) is 15.6. The van der Waals surface area contributed by atoms with Gasteiger partial charge in [-0.05, 0) is 37.5 Å². The summed E-state index contributed by atoms with van der Waals surface area (Å²) in [5.41, 5.74) is 5.56. The molecule has 0 saturated carbocycles. The lowest BCUT2D eigenvalue weighted by Crippen LogP contribution is -2.58. The second kappa shape index (κ2) is 12.4. The van der Waals surface area contributed by atoms with Gasteiger partial charge in [-0.15, -0.1) is 0 Å². The minimum Gasteiger partial charge on any atom is -0.480 e. The summed E-state index contributed by atoms with van der Waals surface area (Å²) in [6.45, 7) is 12.6. The van der Waals surface area contributed by atoms with Crippen LogP contribution >= 0.6 is 0 Å². The van der Waals surface area contributed by atoms with Gasteiger partial charge in [-0.1, -0.05) is 41.5 Å². The summed E-state index contributed by atoms with van der Waals surface area (Å²) >= 11 is 0. The SMILES string of the molecule is CC(C)CC(NC(=O)C(CC(C)C)NC(=O)C(NC(=O)C(C)N)C(C)C)C(=O)O. The Balaban J connectivity index is 5.38. The maximum atomic E-state index is 12.8. The highest BCUT2D eigenvalue weighted by molar-refractivity contribution is 5.94. The van der Waals surface area contributed by atoms with Crippen molar-refractivity contribution < 1.29 is 24.3 Å². The Morgan fingerprint density at radius 3 is 1.55 bits per heavy atom. The van der Waals surface area contributed by atoms with Crippen LogP contribution in [0.25, 0.3) is 0 Å². The number of rotatable bonds is 12. The smallest absolute Gasteiger partial charge is 0.326 e. The molecule has 9 nitrogen and oxygen atoms in total. The second-order valence-corrected chi connectivity index (χ2v) is 8.74. The number of aliphatic carboxylic acids is 1. The van der Waals surface area contributed by atoms with Gasteiger partial charge in [-0.2, -0.15) is 0 Å². The Morgan fingerprint density at radius 2 is 1.17 bits per heavy atom. The monoisotopic (exact) mass is 414 g/mol. The van der Waals surface area contributed by atoms with Crippen LogP contribution in [0.5, 0.6) is 0 Å². The third-order valence-corrected chi connectivity index (χ3v) is 4.32. The summed E-state index contributed by atoms with van der Waals surface area (Å²) in [4.78, 5) is 48.9. The number of carboxylic acid groups (broad SMARTS) is 1. The van der Waals surface area contributed by atoms with Crippen LogP contribution in [-0.2, 0) is 19.2 Å². The van der Waals surface area contributed by atoms with E-state index in [9.17, 15) is 24.3 Å². The molecule has 0 aromatic heterocycles. The van der Waals surface area contributed by atoms with Gasteiger partial charge in [0.2, 0.25) is 17.7 Å². The van der Waals surface area contributed by atoms with E-state index in [1.165, 1.54) is 6.92 Å². The van der Waals surface area contributed by atoms with E-state index in [4.69, 9.17) is 5.73 Å². The van der Waals surface area contributed by atoms with Crippen LogP contribution in [0.15, 0.2) is 0 Å². The summed E-state index contributed by atoms with van der Waals surface area (Å²) in [5, 5.41) is 17.2. The molecule has 0 aliphatic heterocycles. The Kier molecular flexibility index (Phi) is 11.5. The van der Waals surface area contributed by atoms with E-state index in [1.54, 1.807) is 13.8 Å². The largest absolute Gasteiger partial charge is 0.480 e. The zero-order chi connectivity index (χ0) is 22.9. The van der Waals surface area contributed by atoms with Crippen molar-refractivity contribution in [1.82, 2.24) is 16.0 Å². The molecule has 0 spiro atoms. The second-order valence-electron chi connectivity index (χ2n) is 8.74. The number of carbonyl (C=O) groups is 4. The van der Waals surface area contributed by atoms with E-state index in [0.29, 0.717) is 6.42 Å². The molecule has 0 aromatic rings. The number of nitrogens with one attached hydrogen (secondary N) is 3. The molecule has 4 unspecified atom stereocenters. The highest BCUT2D eigenvalue weighted by Crippen LogP contribution is 2.10. The Hall–Kier alpha value is -2.16. The van der Waals surface area contributed by atoms with Gasteiger partial charge in [-0.3, -0.25) is 14.4 Å². The summed E-state index contributed by atoms with van der Waals surface area (Å²) in [5.74, 6) is -2.72. The van der Waals surface area contributed by atoms with Crippen LogP contribution in [0.3, 0.4) is 0 Å². The van der Waals surface area contributed by atoms with E-state index >= 15 is 0 Å². The van der Waals surface area contributed by atoms with E-state index in [1.807, 2.05) is 27.7 Å². The molecule has 0 rings (SSSR count). The van der Waals surface area contributed by atoms with Crippen molar-refractivity contribution in [2.24, 2.45) is 23.5 Å². The van der Waals surface area contributed by atoms with Crippen LogP contribution in [0.1, 0.15) is 61.3 Å². The zero-order valence-corrected chi connectivity index (χ0v) is 18.6. The summed E-state index contributed by atoms with van der Waals surface area (Å²) in [6.07, 6.45) is 0.611. The van der Waals surface area contributed by atoms with Gasteiger partial charge in [0, 0.05) is 0 Å². The molecule has 0 radical (unpaired) electrons. The summed E-state index contributed by atoms with van der Waals surface area (Å²) < 4.78 is 0. The molecule has 0 aromatic carbocycles. The molecule has 0 saturated heterocycles. The molecule has 6 N–H and O–H groups in total. The fourth-order valence-corrected chi connectivity index (χ4v) is 2.75. The molecule has 168 valence electrons. The highest BCUT2D eigenvalue weighted by Gasteiger charge is 2.31. The van der Waals surface area contributed by atoms with Crippen molar-refractivity contribution in [2.45, 2.75) is 85.5 Å². The number of nitrogens with two attached hydrogens (primary N) is 1. The van der Waals surface area contributed by atoms with Crippen molar-refractivity contribution in [2.75, 3.05) is 0 Å². The summed E-state index contributed by atoms with van der Waals surface area (Å²) in [6, 6.07) is -3.58. The molecule has 0 bridgehead atoms. The third-order valence-electron chi connectivity index (χ3n) is 4.32. The average molecular weight is 415 g/mol. The molecule has 0 fully saturated rings. The van der Waals surface area contributed by atoms with Gasteiger partial charge in [-0.25, -0.2) is 4.79 Å². The maximum Gasteiger partial charge on any atom is 0.326 e. The number of amides is 3. The van der Waals surface area contributed by atoms with Crippen molar-refractivity contribution in [3.8, 4) is 0 Å². The molecule has 29 heavy (non-hydrogen) atoms. The molecule has 0 aliphatic rings. The van der Waals surface area contributed by atoms with Gasteiger partial charge in [0.25, 0.3) is 0 Å². The molecular formula is C20H38N4O5. The van der Waals surface area contributed by atoms with Crippen molar-refractivity contribution in [3.63, 3.8) is 0 Å². The topological polar surface area (TPSA) is 151 Å². The minimum atomic E-state index is -1.12. The van der Waals surface area contributed by atoms with Crippen molar-refractivity contribution in [1.29, 1.82) is 0 Å². The lowest BCUT2D eigenvalue weighted by Gasteiger charge is -2.27. The Bertz CT molecular complexity index is 575. The molecule has 0 heterocycles. The van der Waals surface area contributed by atoms with E-state index in [2.05, 4.69) is 16.0 Å². The van der Waals surface area contributed by atoms with Gasteiger partial charge < -0.3 is 26.8 Å². The van der Waals surface area contributed by atoms with E-state index < -0.39 is 47.9 Å². The predicted molar refractivity (Wildman–Crippen MR) is 111 cm³/mol.